The second-order valence-electron chi connectivity index (χ2n) is 10.3. The highest BCUT2D eigenvalue weighted by Crippen LogP contribution is 2.42. The number of imide groups is 1. The van der Waals surface area contributed by atoms with Crippen molar-refractivity contribution < 1.29 is 19.2 Å². The Hall–Kier alpha value is -4.78. The third-order valence-electron chi connectivity index (χ3n) is 7.90. The molecule has 0 N–H and O–H groups in total. The molecule has 0 bridgehead atoms. The zero-order valence-corrected chi connectivity index (χ0v) is 22.4. The van der Waals surface area contributed by atoms with Crippen molar-refractivity contribution in [1.29, 1.82) is 0 Å². The van der Waals surface area contributed by atoms with Crippen molar-refractivity contribution in [2.45, 2.75) is 38.8 Å². The summed E-state index contributed by atoms with van der Waals surface area (Å²) >= 11 is 0. The van der Waals surface area contributed by atoms with E-state index in [1.165, 1.54) is 0 Å². The quantitative estimate of drug-likeness (QED) is 0.308. The molecule has 6 rings (SSSR count). The molecular weight excluding hydrogens is 502 g/mol. The molecule has 0 aromatic heterocycles. The Morgan fingerprint density at radius 1 is 0.825 bits per heavy atom. The van der Waals surface area contributed by atoms with E-state index in [-0.39, 0.29) is 17.9 Å². The van der Waals surface area contributed by atoms with E-state index in [9.17, 15) is 19.2 Å². The minimum Gasteiger partial charge on any atom is -0.309 e. The number of hydrogen-bond donors (Lipinski definition) is 0. The minimum atomic E-state index is -0.479. The highest BCUT2D eigenvalue weighted by molar-refractivity contribution is 6.26. The van der Waals surface area contributed by atoms with Gasteiger partial charge in [0.05, 0.1) is 6.04 Å². The Morgan fingerprint density at radius 3 is 2.10 bits per heavy atom. The number of rotatable bonds is 5. The molecule has 2 atom stereocenters. The van der Waals surface area contributed by atoms with Crippen LogP contribution in [0.15, 0.2) is 91.0 Å². The van der Waals surface area contributed by atoms with Gasteiger partial charge in [0, 0.05) is 40.4 Å². The van der Waals surface area contributed by atoms with Gasteiger partial charge in [-0.25, -0.2) is 0 Å². The standard InChI is InChI=1S/C33H29N3O4/c1-3-29(37)35-21(2)19-28(24-15-7-8-18-27(24)35)36(23-13-5-4-6-14-23)30(38)20-34-32(39)25-16-9-11-22-12-10-17-26(31(22)25)33(34)40/h4-18,21,28H,3,19-20H2,1-2H3/t21-,28-/m0/s1. The van der Waals surface area contributed by atoms with Crippen LogP contribution in [0.3, 0.4) is 0 Å². The molecule has 0 unspecified atom stereocenters. The van der Waals surface area contributed by atoms with Gasteiger partial charge in [0.15, 0.2) is 0 Å². The maximum Gasteiger partial charge on any atom is 0.261 e. The Kier molecular flexibility index (Phi) is 6.42. The van der Waals surface area contributed by atoms with Crippen LogP contribution in [-0.2, 0) is 9.59 Å². The second kappa shape index (κ2) is 10.1. The van der Waals surface area contributed by atoms with Crippen LogP contribution in [0.5, 0.6) is 0 Å². The first-order valence-electron chi connectivity index (χ1n) is 13.6. The fourth-order valence-corrected chi connectivity index (χ4v) is 6.10. The zero-order valence-electron chi connectivity index (χ0n) is 22.4. The molecule has 0 aliphatic carbocycles. The molecule has 0 spiro atoms. The van der Waals surface area contributed by atoms with Crippen LogP contribution in [0.1, 0.15) is 59.0 Å². The first-order valence-corrected chi connectivity index (χ1v) is 13.6. The number of para-hydroxylation sites is 2. The van der Waals surface area contributed by atoms with Crippen LogP contribution in [0.25, 0.3) is 10.8 Å². The van der Waals surface area contributed by atoms with Gasteiger partial charge in [-0.3, -0.25) is 24.1 Å². The van der Waals surface area contributed by atoms with Crippen molar-refractivity contribution in [3.63, 3.8) is 0 Å². The fraction of sp³-hybridized carbons (Fsp3) is 0.212. The number of fused-ring (bicyclic) bond motifs is 1. The van der Waals surface area contributed by atoms with E-state index < -0.39 is 24.4 Å². The van der Waals surface area contributed by atoms with Gasteiger partial charge >= 0.3 is 0 Å². The van der Waals surface area contributed by atoms with Crippen LogP contribution in [0.2, 0.25) is 0 Å². The lowest BCUT2D eigenvalue weighted by molar-refractivity contribution is -0.119. The molecule has 4 aromatic carbocycles. The lowest BCUT2D eigenvalue weighted by Gasteiger charge is -2.44. The number of amides is 4. The largest absolute Gasteiger partial charge is 0.309 e. The summed E-state index contributed by atoms with van der Waals surface area (Å²) in [4.78, 5) is 58.8. The van der Waals surface area contributed by atoms with Gasteiger partial charge in [0.1, 0.15) is 6.54 Å². The maximum absolute atomic E-state index is 14.2. The second-order valence-corrected chi connectivity index (χ2v) is 10.3. The van der Waals surface area contributed by atoms with E-state index >= 15 is 0 Å². The average Bonchev–Trinajstić information content (AvgIpc) is 2.98. The summed E-state index contributed by atoms with van der Waals surface area (Å²) in [5, 5.41) is 1.44. The lowest BCUT2D eigenvalue weighted by Crippen LogP contribution is -2.51. The summed E-state index contributed by atoms with van der Waals surface area (Å²) in [7, 11) is 0. The zero-order chi connectivity index (χ0) is 28.0. The van der Waals surface area contributed by atoms with Gasteiger partial charge in [-0.1, -0.05) is 67.6 Å². The van der Waals surface area contributed by atoms with Gasteiger partial charge < -0.3 is 9.80 Å². The van der Waals surface area contributed by atoms with Crippen LogP contribution in [0.4, 0.5) is 11.4 Å². The number of benzene rings is 4. The van der Waals surface area contributed by atoms with Crippen LogP contribution < -0.4 is 9.80 Å². The van der Waals surface area contributed by atoms with Crippen LogP contribution in [0, 0.1) is 0 Å². The highest BCUT2D eigenvalue weighted by atomic mass is 16.2. The monoisotopic (exact) mass is 531 g/mol. The number of nitrogens with zero attached hydrogens (tertiary/aromatic N) is 3. The summed E-state index contributed by atoms with van der Waals surface area (Å²) in [6.07, 6.45) is 0.880. The van der Waals surface area contributed by atoms with Crippen LogP contribution in [-0.4, -0.2) is 41.1 Å². The minimum absolute atomic E-state index is 0.0216. The van der Waals surface area contributed by atoms with Crippen molar-refractivity contribution >= 4 is 45.8 Å². The normalized spacial score (nSPS) is 18.1. The molecule has 7 nitrogen and oxygen atoms in total. The van der Waals surface area contributed by atoms with E-state index in [0.717, 1.165) is 21.5 Å². The van der Waals surface area contributed by atoms with Gasteiger partial charge in [0.2, 0.25) is 11.8 Å². The van der Waals surface area contributed by atoms with Crippen molar-refractivity contribution in [3.05, 3.63) is 108 Å². The molecule has 0 radical (unpaired) electrons. The molecule has 2 aliphatic heterocycles. The molecule has 0 saturated heterocycles. The van der Waals surface area contributed by atoms with E-state index in [0.29, 0.717) is 35.0 Å². The third kappa shape index (κ3) is 4.06. The van der Waals surface area contributed by atoms with Crippen molar-refractivity contribution in [3.8, 4) is 0 Å². The van der Waals surface area contributed by atoms with Crippen LogP contribution >= 0.6 is 0 Å². The molecule has 4 amide bonds. The lowest BCUT2D eigenvalue weighted by atomic mass is 9.89. The smallest absolute Gasteiger partial charge is 0.261 e. The van der Waals surface area contributed by atoms with Crippen molar-refractivity contribution in [1.82, 2.24) is 4.90 Å². The van der Waals surface area contributed by atoms with Gasteiger partial charge in [-0.2, -0.15) is 0 Å². The summed E-state index contributed by atoms with van der Waals surface area (Å²) in [5.74, 6) is -1.31. The molecule has 7 heteroatoms. The third-order valence-corrected chi connectivity index (χ3v) is 7.90. The molecule has 0 fully saturated rings. The molecular formula is C33H29N3O4. The molecule has 0 saturated carbocycles. The molecule has 200 valence electrons. The fourth-order valence-electron chi connectivity index (χ4n) is 6.10. The Bertz CT molecular complexity index is 1610. The van der Waals surface area contributed by atoms with Gasteiger partial charge in [-0.15, -0.1) is 0 Å². The van der Waals surface area contributed by atoms with Gasteiger partial charge in [0.25, 0.3) is 11.8 Å². The van der Waals surface area contributed by atoms with Crippen molar-refractivity contribution in [2.75, 3.05) is 16.3 Å². The molecule has 2 aliphatic rings. The molecule has 2 heterocycles. The number of anilines is 2. The average molecular weight is 532 g/mol. The van der Waals surface area contributed by atoms with E-state index in [1.54, 1.807) is 29.2 Å². The summed E-state index contributed by atoms with van der Waals surface area (Å²) in [6.45, 7) is 3.43. The predicted octanol–water partition coefficient (Wildman–Crippen LogP) is 5.75. The Morgan fingerprint density at radius 2 is 1.45 bits per heavy atom. The van der Waals surface area contributed by atoms with Gasteiger partial charge in [-0.05, 0) is 54.6 Å². The Labute approximate surface area is 232 Å². The van der Waals surface area contributed by atoms with Crippen molar-refractivity contribution in [2.24, 2.45) is 0 Å². The predicted molar refractivity (Wildman–Crippen MR) is 154 cm³/mol. The molecule has 4 aromatic rings. The summed E-state index contributed by atoms with van der Waals surface area (Å²) in [6, 6.07) is 27.1. The topological polar surface area (TPSA) is 78.0 Å². The number of carbonyl (C=O) groups is 4. The first kappa shape index (κ1) is 25.5. The first-order chi connectivity index (χ1) is 19.4. The van der Waals surface area contributed by atoms with E-state index in [4.69, 9.17) is 0 Å². The molecule has 40 heavy (non-hydrogen) atoms. The maximum atomic E-state index is 14.2. The number of hydrogen-bond acceptors (Lipinski definition) is 4. The SMILES string of the molecule is CCC(=O)N1c2ccccc2[C@@H](N(C(=O)CN2C(=O)c3cccc4cccc(c34)C2=O)c2ccccc2)C[C@@H]1C. The Balaban J connectivity index is 1.40. The van der Waals surface area contributed by atoms with E-state index in [2.05, 4.69) is 0 Å². The summed E-state index contributed by atoms with van der Waals surface area (Å²) in [5.41, 5.74) is 3.12. The van der Waals surface area contributed by atoms with E-state index in [1.807, 2.05) is 85.5 Å². The number of carbonyl (C=O) groups excluding carboxylic acids is 4. The summed E-state index contributed by atoms with van der Waals surface area (Å²) < 4.78 is 0. The highest BCUT2D eigenvalue weighted by Gasteiger charge is 2.40.